The molecule has 0 aromatic rings. The van der Waals surface area contributed by atoms with Gasteiger partial charge in [-0.25, -0.2) is 4.79 Å². The molecule has 0 saturated carbocycles. The van der Waals surface area contributed by atoms with Crippen LogP contribution >= 0.6 is 0 Å². The summed E-state index contributed by atoms with van der Waals surface area (Å²) in [6, 6.07) is -0.588. The van der Waals surface area contributed by atoms with Crippen molar-refractivity contribution in [2.45, 2.75) is 77.7 Å². The van der Waals surface area contributed by atoms with Crippen molar-refractivity contribution in [1.82, 2.24) is 4.90 Å². The van der Waals surface area contributed by atoms with E-state index < -0.39 is 12.0 Å². The lowest BCUT2D eigenvalue weighted by molar-refractivity contribution is -0.149. The molecule has 116 valence electrons. The van der Waals surface area contributed by atoms with Gasteiger partial charge < -0.3 is 10.0 Å². The molecule has 1 aliphatic heterocycles. The maximum Gasteiger partial charge on any atom is 0.326 e. The molecule has 0 aromatic carbocycles. The van der Waals surface area contributed by atoms with Crippen molar-refractivity contribution < 1.29 is 14.7 Å². The van der Waals surface area contributed by atoms with E-state index in [4.69, 9.17) is 5.11 Å². The number of hydrogen-bond acceptors (Lipinski definition) is 2. The first-order chi connectivity index (χ1) is 9.57. The summed E-state index contributed by atoms with van der Waals surface area (Å²) in [6.07, 6.45) is 9.62. The molecule has 1 rings (SSSR count). The van der Waals surface area contributed by atoms with E-state index in [1.807, 2.05) is 6.92 Å². The Labute approximate surface area is 122 Å². The van der Waals surface area contributed by atoms with Crippen LogP contribution in [0.4, 0.5) is 0 Å². The van der Waals surface area contributed by atoms with Crippen LogP contribution in [-0.2, 0) is 9.59 Å². The monoisotopic (exact) mass is 283 g/mol. The molecule has 0 unspecified atom stereocenters. The number of aliphatic carboxylic acids is 1. The molecule has 0 bridgehead atoms. The highest BCUT2D eigenvalue weighted by atomic mass is 16.4. The van der Waals surface area contributed by atoms with E-state index in [1.165, 1.54) is 32.1 Å². The quantitative estimate of drug-likeness (QED) is 0.659. The molecule has 4 heteroatoms. The van der Waals surface area contributed by atoms with Crippen LogP contribution in [0.5, 0.6) is 0 Å². The van der Waals surface area contributed by atoms with E-state index in [-0.39, 0.29) is 11.8 Å². The molecule has 20 heavy (non-hydrogen) atoms. The second-order valence-corrected chi connectivity index (χ2v) is 5.99. The van der Waals surface area contributed by atoms with Gasteiger partial charge in [0.05, 0.1) is 0 Å². The summed E-state index contributed by atoms with van der Waals surface area (Å²) in [7, 11) is 0. The topological polar surface area (TPSA) is 57.6 Å². The maximum atomic E-state index is 12.3. The van der Waals surface area contributed by atoms with Crippen molar-refractivity contribution in [2.75, 3.05) is 6.54 Å². The van der Waals surface area contributed by atoms with Crippen molar-refractivity contribution in [3.05, 3.63) is 0 Å². The summed E-state index contributed by atoms with van der Waals surface area (Å²) in [4.78, 5) is 25.0. The Kier molecular flexibility index (Phi) is 7.63. The summed E-state index contributed by atoms with van der Waals surface area (Å²) >= 11 is 0. The lowest BCUT2D eigenvalue weighted by atomic mass is 10.00. The molecule has 0 aliphatic carbocycles. The van der Waals surface area contributed by atoms with E-state index in [0.717, 1.165) is 19.3 Å². The largest absolute Gasteiger partial charge is 0.480 e. The SMILES string of the molecule is CCCCCCCC[C@H](C)C(=O)N1CCC[C@@H]1C(=O)O. The second-order valence-electron chi connectivity index (χ2n) is 5.99. The normalized spacial score (nSPS) is 20.1. The number of hydrogen-bond donors (Lipinski definition) is 1. The molecule has 1 N–H and O–H groups in total. The van der Waals surface area contributed by atoms with Crippen molar-refractivity contribution in [3.63, 3.8) is 0 Å². The average Bonchev–Trinajstić information content (AvgIpc) is 2.91. The van der Waals surface area contributed by atoms with E-state index in [0.29, 0.717) is 13.0 Å². The van der Waals surface area contributed by atoms with Gasteiger partial charge in [0.1, 0.15) is 6.04 Å². The van der Waals surface area contributed by atoms with Crippen LogP contribution in [0.1, 0.15) is 71.6 Å². The fourth-order valence-electron chi connectivity index (χ4n) is 2.92. The van der Waals surface area contributed by atoms with Crippen molar-refractivity contribution in [1.29, 1.82) is 0 Å². The summed E-state index contributed by atoms with van der Waals surface area (Å²) in [5.74, 6) is -0.868. The van der Waals surface area contributed by atoms with Gasteiger partial charge in [0.2, 0.25) is 5.91 Å². The first-order valence-corrected chi connectivity index (χ1v) is 8.11. The third-order valence-corrected chi connectivity index (χ3v) is 4.23. The van der Waals surface area contributed by atoms with Gasteiger partial charge in [-0.1, -0.05) is 52.4 Å². The standard InChI is InChI=1S/C16H29NO3/c1-3-4-5-6-7-8-10-13(2)15(18)17-12-9-11-14(17)16(19)20/h13-14H,3-12H2,1-2H3,(H,19,20)/t13-,14+/m0/s1. The number of carbonyl (C=O) groups is 2. The molecule has 1 aliphatic rings. The van der Waals surface area contributed by atoms with E-state index >= 15 is 0 Å². The highest BCUT2D eigenvalue weighted by molar-refractivity contribution is 5.85. The molecule has 1 amide bonds. The summed E-state index contributed by atoms with van der Waals surface area (Å²) in [6.45, 7) is 4.75. The first kappa shape index (κ1) is 17.0. The van der Waals surface area contributed by atoms with Crippen LogP contribution in [-0.4, -0.2) is 34.5 Å². The average molecular weight is 283 g/mol. The third-order valence-electron chi connectivity index (χ3n) is 4.23. The van der Waals surface area contributed by atoms with E-state index in [2.05, 4.69) is 6.92 Å². The van der Waals surface area contributed by atoms with Crippen molar-refractivity contribution in [2.24, 2.45) is 5.92 Å². The molecule has 4 nitrogen and oxygen atoms in total. The molecule has 1 heterocycles. The van der Waals surface area contributed by atoms with Crippen molar-refractivity contribution >= 4 is 11.9 Å². The Morgan fingerprint density at radius 1 is 1.20 bits per heavy atom. The van der Waals surface area contributed by atoms with Crippen LogP contribution in [0, 0.1) is 5.92 Å². The third kappa shape index (κ3) is 5.14. The van der Waals surface area contributed by atoms with Gasteiger partial charge in [0, 0.05) is 12.5 Å². The number of nitrogens with zero attached hydrogens (tertiary/aromatic N) is 1. The van der Waals surface area contributed by atoms with E-state index in [9.17, 15) is 9.59 Å². The summed E-state index contributed by atoms with van der Waals surface area (Å²) in [5, 5.41) is 9.12. The number of amides is 1. The van der Waals surface area contributed by atoms with Gasteiger partial charge in [-0.3, -0.25) is 4.79 Å². The van der Waals surface area contributed by atoms with Crippen LogP contribution in [0.25, 0.3) is 0 Å². The van der Waals surface area contributed by atoms with Crippen LogP contribution in [0.3, 0.4) is 0 Å². The zero-order chi connectivity index (χ0) is 15.0. The Morgan fingerprint density at radius 2 is 1.85 bits per heavy atom. The highest BCUT2D eigenvalue weighted by Gasteiger charge is 2.35. The maximum absolute atomic E-state index is 12.3. The van der Waals surface area contributed by atoms with Gasteiger partial charge in [-0.15, -0.1) is 0 Å². The smallest absolute Gasteiger partial charge is 0.326 e. The number of carbonyl (C=O) groups excluding carboxylic acids is 1. The van der Waals surface area contributed by atoms with Gasteiger partial charge in [-0.2, -0.15) is 0 Å². The molecule has 1 fully saturated rings. The fraction of sp³-hybridized carbons (Fsp3) is 0.875. The molecular weight excluding hydrogens is 254 g/mol. The lowest BCUT2D eigenvalue weighted by Gasteiger charge is -2.24. The zero-order valence-corrected chi connectivity index (χ0v) is 12.9. The number of rotatable bonds is 9. The minimum absolute atomic E-state index is 0.0310. The predicted octanol–water partition coefficient (Wildman–Crippen LogP) is 3.45. The summed E-state index contributed by atoms with van der Waals surface area (Å²) in [5.41, 5.74) is 0. The van der Waals surface area contributed by atoms with E-state index in [1.54, 1.807) is 4.90 Å². The first-order valence-electron chi connectivity index (χ1n) is 8.11. The molecule has 0 aromatic heterocycles. The molecule has 2 atom stereocenters. The minimum Gasteiger partial charge on any atom is -0.480 e. The highest BCUT2D eigenvalue weighted by Crippen LogP contribution is 2.22. The Bertz CT molecular complexity index is 317. The molecular formula is C16H29NO3. The molecule has 0 spiro atoms. The summed E-state index contributed by atoms with van der Waals surface area (Å²) < 4.78 is 0. The van der Waals surface area contributed by atoms with Gasteiger partial charge in [-0.05, 0) is 19.3 Å². The Balaban J connectivity index is 2.26. The second kappa shape index (κ2) is 8.98. The van der Waals surface area contributed by atoms with Gasteiger partial charge in [0.15, 0.2) is 0 Å². The number of unbranched alkanes of at least 4 members (excludes halogenated alkanes) is 5. The lowest BCUT2D eigenvalue weighted by Crippen LogP contribution is -2.42. The predicted molar refractivity (Wildman–Crippen MR) is 79.5 cm³/mol. The van der Waals surface area contributed by atoms with Crippen molar-refractivity contribution in [3.8, 4) is 0 Å². The number of likely N-dealkylation sites (tertiary alicyclic amines) is 1. The fourth-order valence-corrected chi connectivity index (χ4v) is 2.92. The minimum atomic E-state index is -0.859. The number of carboxylic acids is 1. The van der Waals surface area contributed by atoms with Crippen LogP contribution in [0.2, 0.25) is 0 Å². The number of carboxylic acid groups (broad SMARTS) is 1. The Hall–Kier alpha value is -1.06. The van der Waals surface area contributed by atoms with Crippen LogP contribution in [0.15, 0.2) is 0 Å². The van der Waals surface area contributed by atoms with Crippen LogP contribution < -0.4 is 0 Å². The van der Waals surface area contributed by atoms with Gasteiger partial charge >= 0.3 is 5.97 Å². The molecule has 1 saturated heterocycles. The molecule has 0 radical (unpaired) electrons. The van der Waals surface area contributed by atoms with Gasteiger partial charge in [0.25, 0.3) is 0 Å². The Morgan fingerprint density at radius 3 is 2.50 bits per heavy atom. The zero-order valence-electron chi connectivity index (χ0n) is 12.9.